The van der Waals surface area contributed by atoms with Gasteiger partial charge < -0.3 is 4.74 Å². The quantitative estimate of drug-likeness (QED) is 0.609. The van der Waals surface area contributed by atoms with Gasteiger partial charge in [-0.05, 0) is 31.2 Å². The number of hydrogen-bond donors (Lipinski definition) is 0. The molecule has 1 aromatic rings. The van der Waals surface area contributed by atoms with Crippen molar-refractivity contribution in [3.05, 3.63) is 35.9 Å². The molecule has 1 aliphatic heterocycles. The number of alkyl halides is 1. The first kappa shape index (κ1) is 11.4. The summed E-state index contributed by atoms with van der Waals surface area (Å²) in [5.74, 6) is 0. The van der Waals surface area contributed by atoms with Crippen molar-refractivity contribution < 1.29 is 4.74 Å². The molecule has 0 amide bonds. The van der Waals surface area contributed by atoms with E-state index in [0.717, 1.165) is 6.61 Å². The van der Waals surface area contributed by atoms with Gasteiger partial charge in [0, 0.05) is 10.5 Å². The molecule has 1 aliphatic rings. The number of benzene rings is 1. The maximum absolute atomic E-state index is 5.70. The van der Waals surface area contributed by atoms with E-state index >= 15 is 0 Å². The Kier molecular flexibility index (Phi) is 4.44. The molecule has 1 unspecified atom stereocenters. The monoisotopic (exact) mass is 316 g/mol. The van der Waals surface area contributed by atoms with Gasteiger partial charge in [0.05, 0.1) is 6.10 Å². The number of ether oxygens (including phenoxy) is 1. The smallest absolute Gasteiger partial charge is 0.0693 e. The summed E-state index contributed by atoms with van der Waals surface area (Å²) >= 11 is 2.55. The first-order valence-corrected chi connectivity index (χ1v) is 6.90. The average Bonchev–Trinajstić information content (AvgIpc) is 2.81. The van der Waals surface area contributed by atoms with Crippen LogP contribution in [-0.2, 0) is 11.2 Å². The number of hydrogen-bond acceptors (Lipinski definition) is 1. The summed E-state index contributed by atoms with van der Waals surface area (Å²) < 4.78 is 6.37. The molecular formula is C13H17IO. The summed E-state index contributed by atoms with van der Waals surface area (Å²) in [5, 5.41) is 0. The number of rotatable bonds is 4. The molecule has 1 aromatic carbocycles. The first-order chi connectivity index (χ1) is 7.36. The van der Waals surface area contributed by atoms with E-state index in [2.05, 4.69) is 52.9 Å². The Balaban J connectivity index is 1.77. The molecular weight excluding hydrogens is 299 g/mol. The zero-order chi connectivity index (χ0) is 10.5. The summed E-state index contributed by atoms with van der Waals surface area (Å²) in [4.78, 5) is 0. The van der Waals surface area contributed by atoms with E-state index in [1.807, 2.05) is 0 Å². The third kappa shape index (κ3) is 3.45. The average molecular weight is 316 g/mol. The van der Waals surface area contributed by atoms with Crippen molar-refractivity contribution in [1.82, 2.24) is 0 Å². The Hall–Kier alpha value is -0.0900. The van der Waals surface area contributed by atoms with Gasteiger partial charge in [0.25, 0.3) is 0 Å². The van der Waals surface area contributed by atoms with Gasteiger partial charge in [-0.15, -0.1) is 0 Å². The van der Waals surface area contributed by atoms with E-state index in [0.29, 0.717) is 10.0 Å². The maximum atomic E-state index is 5.70. The lowest BCUT2D eigenvalue weighted by atomic mass is 10.0. The Morgan fingerprint density at radius 3 is 2.80 bits per heavy atom. The van der Waals surface area contributed by atoms with Crippen molar-refractivity contribution in [3.63, 3.8) is 0 Å². The Morgan fingerprint density at radius 2 is 2.13 bits per heavy atom. The lowest BCUT2D eigenvalue weighted by Crippen LogP contribution is -2.19. The molecule has 0 saturated carbocycles. The lowest BCUT2D eigenvalue weighted by Gasteiger charge is -2.16. The van der Waals surface area contributed by atoms with Crippen molar-refractivity contribution in [1.29, 1.82) is 0 Å². The summed E-state index contributed by atoms with van der Waals surface area (Å²) in [6.07, 6.45) is 5.41. The van der Waals surface area contributed by atoms with E-state index in [1.54, 1.807) is 0 Å². The summed E-state index contributed by atoms with van der Waals surface area (Å²) in [5.41, 5.74) is 1.44. The minimum Gasteiger partial charge on any atom is -0.377 e. The maximum Gasteiger partial charge on any atom is 0.0693 e. The van der Waals surface area contributed by atoms with Gasteiger partial charge >= 0.3 is 0 Å². The standard InChI is InChI=1S/C13H17IO/c14-12(13-7-4-10-15-13)9-8-11-5-2-1-3-6-11/h1-3,5-6,12-13H,4,7-10H2/t12-,13?/m1/s1. The SMILES string of the molecule is I[C@H](CCc1ccccc1)C1CCCO1. The molecule has 2 rings (SSSR count). The third-order valence-electron chi connectivity index (χ3n) is 2.92. The lowest BCUT2D eigenvalue weighted by molar-refractivity contribution is 0.110. The van der Waals surface area contributed by atoms with Crippen LogP contribution in [0.1, 0.15) is 24.8 Å². The van der Waals surface area contributed by atoms with Crippen LogP contribution in [0.25, 0.3) is 0 Å². The van der Waals surface area contributed by atoms with Crippen molar-refractivity contribution >= 4 is 22.6 Å². The number of aryl methyl sites for hydroxylation is 1. The fourth-order valence-electron chi connectivity index (χ4n) is 2.02. The molecule has 1 fully saturated rings. The highest BCUT2D eigenvalue weighted by Crippen LogP contribution is 2.24. The fraction of sp³-hybridized carbons (Fsp3) is 0.538. The predicted octanol–water partition coefficient (Wildman–Crippen LogP) is 3.60. The van der Waals surface area contributed by atoms with Gasteiger partial charge in [-0.25, -0.2) is 0 Å². The van der Waals surface area contributed by atoms with Crippen molar-refractivity contribution in [2.24, 2.45) is 0 Å². The van der Waals surface area contributed by atoms with Crippen molar-refractivity contribution in [2.45, 2.75) is 35.7 Å². The summed E-state index contributed by atoms with van der Waals surface area (Å²) in [6, 6.07) is 10.7. The minimum atomic E-state index is 0.509. The van der Waals surface area contributed by atoms with Gasteiger partial charge in [-0.3, -0.25) is 0 Å². The second-order valence-corrected chi connectivity index (χ2v) is 5.69. The van der Waals surface area contributed by atoms with Crippen molar-refractivity contribution in [2.75, 3.05) is 6.61 Å². The first-order valence-electron chi connectivity index (χ1n) is 5.66. The molecule has 0 radical (unpaired) electrons. The Morgan fingerprint density at radius 1 is 1.33 bits per heavy atom. The van der Waals surface area contributed by atoms with Crippen LogP contribution >= 0.6 is 22.6 Å². The molecule has 0 aliphatic carbocycles. The van der Waals surface area contributed by atoms with E-state index < -0.39 is 0 Å². The van der Waals surface area contributed by atoms with Crippen LogP contribution in [0.5, 0.6) is 0 Å². The zero-order valence-corrected chi connectivity index (χ0v) is 11.0. The van der Waals surface area contributed by atoms with Crippen LogP contribution < -0.4 is 0 Å². The highest BCUT2D eigenvalue weighted by Gasteiger charge is 2.23. The Labute approximate surface area is 105 Å². The van der Waals surface area contributed by atoms with E-state index in [1.165, 1.54) is 31.2 Å². The molecule has 2 heteroatoms. The van der Waals surface area contributed by atoms with E-state index in [9.17, 15) is 0 Å². The number of halogens is 1. The molecule has 0 spiro atoms. The zero-order valence-electron chi connectivity index (χ0n) is 8.86. The molecule has 2 atom stereocenters. The predicted molar refractivity (Wildman–Crippen MR) is 71.5 cm³/mol. The fourth-order valence-corrected chi connectivity index (χ4v) is 2.90. The van der Waals surface area contributed by atoms with Crippen LogP contribution in [0.4, 0.5) is 0 Å². The van der Waals surface area contributed by atoms with Crippen LogP contribution in [0, 0.1) is 0 Å². The molecule has 1 saturated heterocycles. The molecule has 1 heterocycles. The van der Waals surface area contributed by atoms with Crippen LogP contribution in [0.2, 0.25) is 0 Å². The topological polar surface area (TPSA) is 9.23 Å². The van der Waals surface area contributed by atoms with E-state index in [-0.39, 0.29) is 0 Å². The minimum absolute atomic E-state index is 0.509. The van der Waals surface area contributed by atoms with Gasteiger partial charge in [0.15, 0.2) is 0 Å². The summed E-state index contributed by atoms with van der Waals surface area (Å²) in [7, 11) is 0. The van der Waals surface area contributed by atoms with Gasteiger partial charge in [0.2, 0.25) is 0 Å². The molecule has 1 nitrogen and oxygen atoms in total. The van der Waals surface area contributed by atoms with Gasteiger partial charge in [-0.1, -0.05) is 52.9 Å². The molecule has 0 N–H and O–H groups in total. The largest absolute Gasteiger partial charge is 0.377 e. The molecule has 0 bridgehead atoms. The highest BCUT2D eigenvalue weighted by molar-refractivity contribution is 14.1. The summed E-state index contributed by atoms with van der Waals surface area (Å²) in [6.45, 7) is 0.968. The van der Waals surface area contributed by atoms with Crippen molar-refractivity contribution in [3.8, 4) is 0 Å². The third-order valence-corrected chi connectivity index (χ3v) is 4.34. The normalized spacial score (nSPS) is 22.9. The second-order valence-electron chi connectivity index (χ2n) is 4.09. The van der Waals surface area contributed by atoms with Gasteiger partial charge in [0.1, 0.15) is 0 Å². The van der Waals surface area contributed by atoms with Crippen LogP contribution in [0.3, 0.4) is 0 Å². The van der Waals surface area contributed by atoms with Crippen LogP contribution in [0.15, 0.2) is 30.3 Å². The van der Waals surface area contributed by atoms with Gasteiger partial charge in [-0.2, -0.15) is 0 Å². The molecule has 82 valence electrons. The Bertz CT molecular complexity index is 280. The van der Waals surface area contributed by atoms with Crippen LogP contribution in [-0.4, -0.2) is 16.6 Å². The molecule has 15 heavy (non-hydrogen) atoms. The molecule has 0 aromatic heterocycles. The van der Waals surface area contributed by atoms with E-state index in [4.69, 9.17) is 4.74 Å². The highest BCUT2D eigenvalue weighted by atomic mass is 127. The second kappa shape index (κ2) is 5.85.